The highest BCUT2D eigenvalue weighted by Gasteiger charge is 2.43. The molecule has 2 aliphatic rings. The predicted octanol–water partition coefficient (Wildman–Crippen LogP) is 3.06. The van der Waals surface area contributed by atoms with Crippen LogP contribution in [-0.2, 0) is 7.05 Å². The van der Waals surface area contributed by atoms with Crippen LogP contribution in [0.4, 0.5) is 14.6 Å². The number of aromatic hydroxyl groups is 1. The number of hydrogen-bond donors (Lipinski definition) is 2. The van der Waals surface area contributed by atoms with Crippen molar-refractivity contribution >= 4 is 5.82 Å². The Hall–Kier alpha value is -3.07. The fraction of sp³-hybridized carbons (Fsp3) is 0.409. The number of piperidine rings is 1. The predicted molar refractivity (Wildman–Crippen MR) is 113 cm³/mol. The van der Waals surface area contributed by atoms with Gasteiger partial charge in [-0.1, -0.05) is 0 Å². The van der Waals surface area contributed by atoms with E-state index in [1.54, 1.807) is 24.0 Å². The Morgan fingerprint density at radius 1 is 1.16 bits per heavy atom. The molecule has 2 saturated heterocycles. The fourth-order valence-corrected chi connectivity index (χ4v) is 4.68. The number of alkyl halides is 1. The maximum absolute atomic E-state index is 14.9. The van der Waals surface area contributed by atoms with E-state index in [4.69, 9.17) is 0 Å². The lowest BCUT2D eigenvalue weighted by Crippen LogP contribution is -2.55. The van der Waals surface area contributed by atoms with Gasteiger partial charge in [-0.05, 0) is 37.5 Å². The van der Waals surface area contributed by atoms with Crippen LogP contribution in [0.5, 0.6) is 5.75 Å². The number of fused-ring (bicyclic) bond motifs is 2. The Bertz CT molecular complexity index is 1100. The highest BCUT2D eigenvalue weighted by atomic mass is 19.1. The molecule has 5 rings (SSSR count). The Balaban J connectivity index is 1.39. The third-order valence-electron chi connectivity index (χ3n) is 6.40. The van der Waals surface area contributed by atoms with Crippen molar-refractivity contribution in [3.63, 3.8) is 0 Å². The molecule has 2 bridgehead atoms. The quantitative estimate of drug-likeness (QED) is 0.668. The molecule has 1 aromatic carbocycles. The Labute approximate surface area is 178 Å². The summed E-state index contributed by atoms with van der Waals surface area (Å²) in [6.07, 6.45) is 6.33. The molecule has 2 unspecified atom stereocenters. The van der Waals surface area contributed by atoms with Gasteiger partial charge in [0.05, 0.1) is 29.8 Å². The van der Waals surface area contributed by atoms with Gasteiger partial charge in [-0.15, -0.1) is 0 Å². The number of nitrogens with one attached hydrogen (secondary N) is 1. The van der Waals surface area contributed by atoms with Crippen LogP contribution in [0.3, 0.4) is 0 Å². The van der Waals surface area contributed by atoms with Gasteiger partial charge in [0.1, 0.15) is 23.6 Å². The van der Waals surface area contributed by atoms with Gasteiger partial charge in [0, 0.05) is 43.5 Å². The molecule has 9 heteroatoms. The van der Waals surface area contributed by atoms with Crippen LogP contribution in [0.2, 0.25) is 0 Å². The van der Waals surface area contributed by atoms with E-state index in [1.165, 1.54) is 24.5 Å². The number of phenolic OH excluding ortho intramolecular Hbond substituents is 1. The molecule has 7 nitrogen and oxygen atoms in total. The number of rotatable bonds is 4. The van der Waals surface area contributed by atoms with Crippen molar-refractivity contribution in [1.29, 1.82) is 0 Å². The van der Waals surface area contributed by atoms with E-state index >= 15 is 0 Å². The highest BCUT2D eigenvalue weighted by Crippen LogP contribution is 2.35. The zero-order chi connectivity index (χ0) is 21.7. The molecule has 0 radical (unpaired) electrons. The summed E-state index contributed by atoms with van der Waals surface area (Å²) >= 11 is 0. The lowest BCUT2D eigenvalue weighted by molar-refractivity contribution is 0.176. The van der Waals surface area contributed by atoms with E-state index in [1.807, 2.05) is 11.9 Å². The van der Waals surface area contributed by atoms with E-state index in [0.29, 0.717) is 23.2 Å². The lowest BCUT2D eigenvalue weighted by Gasteiger charge is -2.38. The van der Waals surface area contributed by atoms with E-state index in [-0.39, 0.29) is 29.0 Å². The van der Waals surface area contributed by atoms with Gasteiger partial charge in [-0.3, -0.25) is 9.67 Å². The molecule has 0 spiro atoms. The Morgan fingerprint density at radius 2 is 2.00 bits per heavy atom. The molecule has 2 aromatic heterocycles. The number of nitrogens with zero attached hydrogens (tertiary/aromatic N) is 5. The number of halogens is 2. The first-order valence-electron chi connectivity index (χ1n) is 10.4. The number of hydrogen-bond acceptors (Lipinski definition) is 6. The van der Waals surface area contributed by atoms with Crippen LogP contribution in [0.15, 0.2) is 36.8 Å². The number of phenols is 1. The van der Waals surface area contributed by atoms with Crippen molar-refractivity contribution in [2.75, 3.05) is 11.9 Å². The zero-order valence-corrected chi connectivity index (χ0v) is 17.3. The maximum atomic E-state index is 14.9. The third-order valence-corrected chi connectivity index (χ3v) is 6.40. The van der Waals surface area contributed by atoms with Crippen LogP contribution >= 0.6 is 0 Å². The largest absolute Gasteiger partial charge is 0.507 e. The summed E-state index contributed by atoms with van der Waals surface area (Å²) in [5.41, 5.74) is 1.22. The molecule has 0 amide bonds. The number of aryl methyl sites for hydroxylation is 1. The van der Waals surface area contributed by atoms with Crippen molar-refractivity contribution in [3.05, 3.63) is 42.6 Å². The summed E-state index contributed by atoms with van der Waals surface area (Å²) < 4.78 is 31.1. The Kier molecular flexibility index (Phi) is 4.85. The van der Waals surface area contributed by atoms with Crippen molar-refractivity contribution in [1.82, 2.24) is 25.1 Å². The normalized spacial score (nSPS) is 25.0. The molecule has 0 aliphatic carbocycles. The molecule has 162 valence electrons. The standard InChI is InChI=1S/C22H24F2N6O/c1-29-6-5-16(28-29)13-9-20(31)14(8-15(13)23)18-10-26-21(11-25-18)30(2)19-7-12-3-4-17(27-12)22(19)24/h5-6,8-12,17,19,22,27,31H,3-4,7H2,1-2H3/t12?,17?,19-,22+/m0/s1. The minimum atomic E-state index is -0.970. The minimum Gasteiger partial charge on any atom is -0.507 e. The van der Waals surface area contributed by atoms with Gasteiger partial charge in [0.2, 0.25) is 0 Å². The minimum absolute atomic E-state index is 0.101. The lowest BCUT2D eigenvalue weighted by atomic mass is 9.96. The SMILES string of the molecule is CN(c1cnc(-c2cc(F)c(-c3ccn(C)n3)cc2O)cn1)[C@H]1CC2CCC(N2)[C@H]1F. The summed E-state index contributed by atoms with van der Waals surface area (Å²) in [7, 11) is 3.56. The summed E-state index contributed by atoms with van der Waals surface area (Å²) in [6.45, 7) is 0. The second kappa shape index (κ2) is 7.56. The van der Waals surface area contributed by atoms with Gasteiger partial charge in [0.15, 0.2) is 0 Å². The van der Waals surface area contributed by atoms with Gasteiger partial charge >= 0.3 is 0 Å². The summed E-state index contributed by atoms with van der Waals surface area (Å²) in [5.74, 6) is -0.0843. The average Bonchev–Trinajstić information content (AvgIpc) is 3.38. The van der Waals surface area contributed by atoms with Crippen LogP contribution in [0.1, 0.15) is 19.3 Å². The smallest absolute Gasteiger partial charge is 0.147 e. The molecular formula is C22H24F2N6O. The number of aromatic nitrogens is 4. The molecule has 0 saturated carbocycles. The maximum Gasteiger partial charge on any atom is 0.147 e. The molecule has 2 aliphatic heterocycles. The monoisotopic (exact) mass is 426 g/mol. The number of anilines is 1. The molecule has 31 heavy (non-hydrogen) atoms. The Morgan fingerprint density at radius 3 is 2.71 bits per heavy atom. The van der Waals surface area contributed by atoms with E-state index in [9.17, 15) is 13.9 Å². The van der Waals surface area contributed by atoms with Crippen LogP contribution in [-0.4, -0.2) is 56.2 Å². The van der Waals surface area contributed by atoms with Crippen molar-refractivity contribution < 1.29 is 13.9 Å². The van der Waals surface area contributed by atoms with Crippen molar-refractivity contribution in [2.24, 2.45) is 7.05 Å². The highest BCUT2D eigenvalue weighted by molar-refractivity contribution is 5.73. The topological polar surface area (TPSA) is 79.1 Å². The molecule has 3 aromatic rings. The van der Waals surface area contributed by atoms with Crippen LogP contribution in [0, 0.1) is 5.82 Å². The molecule has 4 heterocycles. The third kappa shape index (κ3) is 3.52. The average molecular weight is 426 g/mol. The van der Waals surface area contributed by atoms with Crippen LogP contribution in [0.25, 0.3) is 22.5 Å². The van der Waals surface area contributed by atoms with E-state index in [2.05, 4.69) is 20.4 Å². The second-order valence-corrected chi connectivity index (χ2v) is 8.39. The molecule has 4 atom stereocenters. The zero-order valence-electron chi connectivity index (χ0n) is 17.3. The first-order valence-corrected chi connectivity index (χ1v) is 10.4. The fourth-order valence-electron chi connectivity index (χ4n) is 4.68. The van der Waals surface area contributed by atoms with E-state index < -0.39 is 12.0 Å². The van der Waals surface area contributed by atoms with E-state index in [0.717, 1.165) is 19.3 Å². The van der Waals surface area contributed by atoms with Crippen molar-refractivity contribution in [3.8, 4) is 28.3 Å². The summed E-state index contributed by atoms with van der Waals surface area (Å²) in [6, 6.07) is 4.22. The first-order chi connectivity index (χ1) is 14.9. The van der Waals surface area contributed by atoms with Crippen LogP contribution < -0.4 is 10.2 Å². The first kappa shape index (κ1) is 19.9. The summed E-state index contributed by atoms with van der Waals surface area (Å²) in [5, 5.41) is 18.0. The second-order valence-electron chi connectivity index (χ2n) is 8.39. The summed E-state index contributed by atoms with van der Waals surface area (Å²) in [4.78, 5) is 10.6. The molecular weight excluding hydrogens is 402 g/mol. The van der Waals surface area contributed by atoms with Gasteiger partial charge in [-0.2, -0.15) is 5.10 Å². The van der Waals surface area contributed by atoms with Gasteiger partial charge in [0.25, 0.3) is 0 Å². The number of benzene rings is 1. The molecule has 2 fully saturated rings. The molecule has 2 N–H and O–H groups in total. The van der Waals surface area contributed by atoms with Crippen molar-refractivity contribution in [2.45, 2.75) is 43.6 Å². The van der Waals surface area contributed by atoms with Gasteiger partial charge in [-0.25, -0.2) is 13.8 Å². The van der Waals surface area contributed by atoms with Gasteiger partial charge < -0.3 is 15.3 Å².